The van der Waals surface area contributed by atoms with Crippen LogP contribution >= 0.6 is 0 Å². The average Bonchev–Trinajstić information content (AvgIpc) is 2.16. The first-order valence-corrected chi connectivity index (χ1v) is 3.76. The van der Waals surface area contributed by atoms with Crippen LogP contribution in [0.3, 0.4) is 0 Å². The van der Waals surface area contributed by atoms with Gasteiger partial charge in [0.1, 0.15) is 0 Å². The topological polar surface area (TPSA) is 168 Å². The molecule has 0 spiro atoms. The maximum absolute atomic E-state index is 10.7. The van der Waals surface area contributed by atoms with E-state index in [9.17, 15) is 25.0 Å². The highest BCUT2D eigenvalue weighted by molar-refractivity contribution is 5.92. The summed E-state index contributed by atoms with van der Waals surface area (Å²) in [5.74, 6) is -2.45. The van der Waals surface area contributed by atoms with Crippen molar-refractivity contribution in [2.75, 3.05) is 0 Å². The molecule has 0 saturated heterocycles. The predicted octanol–water partition coefficient (Wildman–Crippen LogP) is 1.03. The summed E-state index contributed by atoms with van der Waals surface area (Å²) in [6.45, 7) is 0. The van der Waals surface area contributed by atoms with Crippen molar-refractivity contribution in [3.8, 4) is 5.75 Å². The molecule has 10 heteroatoms. The number of benzene rings is 1. The van der Waals surface area contributed by atoms with E-state index in [0.717, 1.165) is 18.2 Å². The molecule has 0 saturated carbocycles. The zero-order valence-electron chi connectivity index (χ0n) is 8.23. The van der Waals surface area contributed by atoms with Gasteiger partial charge in [-0.1, -0.05) is 6.07 Å². The molecule has 0 aliphatic carbocycles. The molecule has 0 fully saturated rings. The minimum absolute atomic E-state index is 0. The SMILES string of the molecule is N.O=C(O)c1cccc([N+](=O)[O-])c1O[N+](=O)[O-]. The van der Waals surface area contributed by atoms with E-state index in [1.165, 1.54) is 0 Å². The molecule has 1 aromatic carbocycles. The number of nitro groups is 1. The van der Waals surface area contributed by atoms with Crippen molar-refractivity contribution >= 4 is 11.7 Å². The molecule has 0 bridgehead atoms. The van der Waals surface area contributed by atoms with Gasteiger partial charge in [0.05, 0.1) is 10.5 Å². The Bertz CT molecular complexity index is 440. The number of rotatable bonds is 4. The monoisotopic (exact) mass is 245 g/mol. The first-order valence-electron chi connectivity index (χ1n) is 3.76. The third-order valence-electron chi connectivity index (χ3n) is 1.59. The highest BCUT2D eigenvalue weighted by Gasteiger charge is 2.24. The number of carboxylic acids is 1. The van der Waals surface area contributed by atoms with Crippen LogP contribution in [0.25, 0.3) is 0 Å². The van der Waals surface area contributed by atoms with Crippen LogP contribution in [0.2, 0.25) is 0 Å². The summed E-state index contributed by atoms with van der Waals surface area (Å²) in [6.07, 6.45) is 0. The summed E-state index contributed by atoms with van der Waals surface area (Å²) in [4.78, 5) is 34.2. The molecule has 10 nitrogen and oxygen atoms in total. The average molecular weight is 245 g/mol. The molecule has 0 heterocycles. The maximum Gasteiger partial charge on any atom is 0.338 e. The Morgan fingerprint density at radius 3 is 2.29 bits per heavy atom. The third kappa shape index (κ3) is 3.10. The second kappa shape index (κ2) is 5.37. The van der Waals surface area contributed by atoms with E-state index in [-0.39, 0.29) is 6.15 Å². The van der Waals surface area contributed by atoms with Gasteiger partial charge in [-0.2, -0.15) is 0 Å². The standard InChI is InChI=1S/C7H4N2O7.H3N/c10-7(11)4-2-1-3-5(8(12)13)6(4)16-9(14)15;/h1-3H,(H,10,11);1H3. The van der Waals surface area contributed by atoms with Crippen LogP contribution in [0.5, 0.6) is 5.75 Å². The van der Waals surface area contributed by atoms with Gasteiger partial charge in [-0.3, -0.25) is 15.0 Å². The van der Waals surface area contributed by atoms with Crippen molar-refractivity contribution in [3.05, 3.63) is 44.0 Å². The Labute approximate surface area is 93.3 Å². The number of carbonyl (C=O) groups is 1. The quantitative estimate of drug-likeness (QED) is 0.585. The largest absolute Gasteiger partial charge is 0.478 e. The van der Waals surface area contributed by atoms with Gasteiger partial charge in [0.15, 0.2) is 0 Å². The summed E-state index contributed by atoms with van der Waals surface area (Å²) in [7, 11) is 0. The van der Waals surface area contributed by atoms with Crippen LogP contribution in [0.1, 0.15) is 10.4 Å². The van der Waals surface area contributed by atoms with E-state index in [4.69, 9.17) is 5.11 Å². The Morgan fingerprint density at radius 2 is 1.88 bits per heavy atom. The lowest BCUT2D eigenvalue weighted by molar-refractivity contribution is -0.711. The Balaban J connectivity index is 0.00000256. The smallest absolute Gasteiger partial charge is 0.338 e. The molecule has 0 aromatic heterocycles. The minimum atomic E-state index is -1.56. The molecule has 0 aliphatic heterocycles. The number of hydrogen-bond donors (Lipinski definition) is 2. The fourth-order valence-corrected chi connectivity index (χ4v) is 1.01. The summed E-state index contributed by atoms with van der Waals surface area (Å²) in [5, 5.41) is 27.9. The third-order valence-corrected chi connectivity index (χ3v) is 1.59. The van der Waals surface area contributed by atoms with Gasteiger partial charge in [-0.15, -0.1) is 10.1 Å². The molecule has 0 atom stereocenters. The molecule has 1 aromatic rings. The Kier molecular flexibility index (Phi) is 4.50. The lowest BCUT2D eigenvalue weighted by Crippen LogP contribution is -2.10. The number of nitrogens with zero attached hydrogens (tertiary/aromatic N) is 2. The summed E-state index contributed by atoms with van der Waals surface area (Å²) >= 11 is 0. The van der Waals surface area contributed by atoms with E-state index in [1.54, 1.807) is 0 Å². The van der Waals surface area contributed by atoms with E-state index in [1.807, 2.05) is 0 Å². The lowest BCUT2D eigenvalue weighted by Gasteiger charge is -2.03. The maximum atomic E-state index is 10.7. The van der Waals surface area contributed by atoms with Crippen molar-refractivity contribution in [3.63, 3.8) is 0 Å². The van der Waals surface area contributed by atoms with Crippen LogP contribution in [0, 0.1) is 20.2 Å². The molecule has 4 N–H and O–H groups in total. The fraction of sp³-hybridized carbons (Fsp3) is 0. The van der Waals surface area contributed by atoms with Crippen molar-refractivity contribution in [1.82, 2.24) is 6.15 Å². The summed E-state index contributed by atoms with van der Waals surface area (Å²) in [5.41, 5.74) is -1.43. The molecule has 92 valence electrons. The fourth-order valence-electron chi connectivity index (χ4n) is 1.01. The molecule has 0 unspecified atom stereocenters. The van der Waals surface area contributed by atoms with Crippen LogP contribution in [0.4, 0.5) is 5.69 Å². The van der Waals surface area contributed by atoms with Gasteiger partial charge in [-0.25, -0.2) is 4.79 Å². The van der Waals surface area contributed by atoms with Crippen LogP contribution in [0.15, 0.2) is 18.2 Å². The van der Waals surface area contributed by atoms with Crippen molar-refractivity contribution in [2.45, 2.75) is 0 Å². The van der Waals surface area contributed by atoms with E-state index < -0.39 is 33.0 Å². The van der Waals surface area contributed by atoms with Crippen molar-refractivity contribution in [1.29, 1.82) is 0 Å². The summed E-state index contributed by atoms with van der Waals surface area (Å²) in [6, 6.07) is 2.97. The van der Waals surface area contributed by atoms with Gasteiger partial charge < -0.3 is 11.3 Å². The highest BCUT2D eigenvalue weighted by atomic mass is 17.0. The second-order valence-electron chi connectivity index (χ2n) is 2.53. The van der Waals surface area contributed by atoms with Crippen molar-refractivity contribution in [2.24, 2.45) is 0 Å². The van der Waals surface area contributed by atoms with E-state index >= 15 is 0 Å². The van der Waals surface area contributed by atoms with Crippen molar-refractivity contribution < 1.29 is 24.7 Å². The Hall–Kier alpha value is -2.75. The van der Waals surface area contributed by atoms with Gasteiger partial charge in [0.2, 0.25) is 5.75 Å². The molecule has 0 amide bonds. The minimum Gasteiger partial charge on any atom is -0.478 e. The number of carboxylic acid groups (broad SMARTS) is 1. The number of nitro benzene ring substituents is 1. The molecule has 17 heavy (non-hydrogen) atoms. The second-order valence-corrected chi connectivity index (χ2v) is 2.53. The molecular weight excluding hydrogens is 238 g/mol. The first-order chi connectivity index (χ1) is 7.43. The van der Waals surface area contributed by atoms with Crippen LogP contribution in [-0.2, 0) is 0 Å². The zero-order valence-corrected chi connectivity index (χ0v) is 8.23. The van der Waals surface area contributed by atoms with Crippen LogP contribution < -0.4 is 11.0 Å². The van der Waals surface area contributed by atoms with Gasteiger partial charge in [0.25, 0.3) is 10.8 Å². The Morgan fingerprint density at radius 1 is 1.29 bits per heavy atom. The number of aromatic carboxylic acids is 1. The zero-order chi connectivity index (χ0) is 12.3. The lowest BCUT2D eigenvalue weighted by atomic mass is 10.2. The molecule has 0 radical (unpaired) electrons. The predicted molar refractivity (Wildman–Crippen MR) is 52.7 cm³/mol. The van der Waals surface area contributed by atoms with E-state index in [2.05, 4.69) is 4.84 Å². The van der Waals surface area contributed by atoms with Gasteiger partial charge >= 0.3 is 5.97 Å². The normalized spacial score (nSPS) is 8.94. The highest BCUT2D eigenvalue weighted by Crippen LogP contribution is 2.30. The number of para-hydroxylation sites is 1. The van der Waals surface area contributed by atoms with Gasteiger partial charge in [0, 0.05) is 6.07 Å². The molecular formula is C7H7N3O7. The molecule has 1 rings (SSSR count). The number of hydrogen-bond acceptors (Lipinski definition) is 7. The van der Waals surface area contributed by atoms with Crippen LogP contribution in [-0.4, -0.2) is 21.1 Å². The van der Waals surface area contributed by atoms with Gasteiger partial charge in [-0.05, 0) is 6.07 Å². The first kappa shape index (κ1) is 14.2. The molecule has 0 aliphatic rings. The summed E-state index contributed by atoms with van der Waals surface area (Å²) < 4.78 is 0. The van der Waals surface area contributed by atoms with E-state index in [0.29, 0.717) is 0 Å².